The van der Waals surface area contributed by atoms with E-state index >= 15 is 0 Å². The van der Waals surface area contributed by atoms with E-state index in [1.165, 1.54) is 7.11 Å². The van der Waals surface area contributed by atoms with Crippen molar-refractivity contribution in [2.45, 2.75) is 77.5 Å². The summed E-state index contributed by atoms with van der Waals surface area (Å²) in [5, 5.41) is 1.95. The van der Waals surface area contributed by atoms with Crippen LogP contribution in [0, 0.1) is 0 Å². The van der Waals surface area contributed by atoms with Crippen molar-refractivity contribution >= 4 is 11.9 Å². The summed E-state index contributed by atoms with van der Waals surface area (Å²) in [5.74, 6) is -0.865. The molecule has 0 aliphatic carbocycles. The Kier molecular flexibility index (Phi) is 7.23. The Morgan fingerprint density at radius 1 is 1.11 bits per heavy atom. The lowest BCUT2D eigenvalue weighted by Gasteiger charge is -2.52. The van der Waals surface area contributed by atoms with E-state index in [1.54, 1.807) is 19.1 Å². The number of hydroxylamine groups is 2. The van der Waals surface area contributed by atoms with Crippen LogP contribution in [0.4, 0.5) is 0 Å². The van der Waals surface area contributed by atoms with Crippen molar-refractivity contribution in [1.82, 2.24) is 5.06 Å². The van der Waals surface area contributed by atoms with Gasteiger partial charge in [-0.2, -0.15) is 5.06 Å². The lowest BCUT2D eigenvalue weighted by Crippen LogP contribution is -2.60. The molecule has 0 aromatic heterocycles. The molecule has 0 bridgehead atoms. The van der Waals surface area contributed by atoms with Crippen LogP contribution in [-0.4, -0.2) is 47.9 Å². The van der Waals surface area contributed by atoms with Crippen LogP contribution in [0.1, 0.15) is 69.8 Å². The Bertz CT molecular complexity index is 682. The number of esters is 2. The molecule has 0 spiro atoms. The van der Waals surface area contributed by atoms with E-state index in [0.29, 0.717) is 11.1 Å². The van der Waals surface area contributed by atoms with Crippen molar-refractivity contribution in [2.24, 2.45) is 0 Å². The van der Waals surface area contributed by atoms with Gasteiger partial charge in [0, 0.05) is 17.5 Å². The van der Waals surface area contributed by atoms with Gasteiger partial charge >= 0.3 is 11.9 Å². The highest BCUT2D eigenvalue weighted by Crippen LogP contribution is 2.39. The SMILES string of the molecule is CCOC(=O)C(Cc1ccccc1C(=O)OC)ON1C(C)(C)CCCC1(C)C. The van der Waals surface area contributed by atoms with Crippen molar-refractivity contribution in [2.75, 3.05) is 13.7 Å². The number of piperidine rings is 1. The molecule has 1 aliphatic rings. The van der Waals surface area contributed by atoms with Crippen LogP contribution in [0.2, 0.25) is 0 Å². The lowest BCUT2D eigenvalue weighted by molar-refractivity contribution is -0.302. The molecule has 1 aromatic rings. The van der Waals surface area contributed by atoms with E-state index in [1.807, 2.05) is 17.2 Å². The van der Waals surface area contributed by atoms with Gasteiger partial charge in [0.05, 0.1) is 19.3 Å². The molecule has 1 heterocycles. The number of methoxy groups -OCH3 is 1. The van der Waals surface area contributed by atoms with Crippen molar-refractivity contribution in [3.63, 3.8) is 0 Å². The first-order chi connectivity index (χ1) is 13.1. The highest BCUT2D eigenvalue weighted by Gasteiger charge is 2.44. The summed E-state index contributed by atoms with van der Waals surface area (Å²) >= 11 is 0. The number of hydrogen-bond acceptors (Lipinski definition) is 6. The topological polar surface area (TPSA) is 65.1 Å². The number of hydrogen-bond donors (Lipinski definition) is 0. The summed E-state index contributed by atoms with van der Waals surface area (Å²) in [6.07, 6.45) is 2.44. The molecule has 0 radical (unpaired) electrons. The average molecular weight is 392 g/mol. The lowest BCUT2D eigenvalue weighted by atomic mass is 9.82. The Morgan fingerprint density at radius 2 is 1.71 bits per heavy atom. The van der Waals surface area contributed by atoms with E-state index in [4.69, 9.17) is 14.3 Å². The van der Waals surface area contributed by atoms with E-state index in [0.717, 1.165) is 19.3 Å². The van der Waals surface area contributed by atoms with E-state index in [9.17, 15) is 9.59 Å². The van der Waals surface area contributed by atoms with Crippen molar-refractivity contribution < 1.29 is 23.9 Å². The van der Waals surface area contributed by atoms with Gasteiger partial charge in [-0.3, -0.25) is 4.84 Å². The number of nitrogens with zero attached hydrogens (tertiary/aromatic N) is 1. The predicted molar refractivity (Wildman–Crippen MR) is 107 cm³/mol. The fourth-order valence-electron chi connectivity index (χ4n) is 3.99. The normalized spacial score (nSPS) is 19.6. The molecule has 1 aliphatic heterocycles. The Morgan fingerprint density at radius 3 is 2.29 bits per heavy atom. The minimum absolute atomic E-state index is 0.214. The first-order valence-corrected chi connectivity index (χ1v) is 9.92. The van der Waals surface area contributed by atoms with Crippen molar-refractivity contribution in [1.29, 1.82) is 0 Å². The second-order valence-electron chi connectivity index (χ2n) is 8.47. The fourth-order valence-corrected chi connectivity index (χ4v) is 3.99. The van der Waals surface area contributed by atoms with E-state index < -0.39 is 18.0 Å². The van der Waals surface area contributed by atoms with Gasteiger partial charge in [0.25, 0.3) is 0 Å². The number of rotatable bonds is 7. The quantitative estimate of drug-likeness (QED) is 0.657. The highest BCUT2D eigenvalue weighted by atomic mass is 16.7. The van der Waals surface area contributed by atoms with E-state index in [-0.39, 0.29) is 24.1 Å². The zero-order chi connectivity index (χ0) is 20.9. The second-order valence-corrected chi connectivity index (χ2v) is 8.47. The number of ether oxygens (including phenoxy) is 2. The maximum absolute atomic E-state index is 12.7. The average Bonchev–Trinajstić information content (AvgIpc) is 2.63. The molecule has 6 nitrogen and oxygen atoms in total. The van der Waals surface area contributed by atoms with Gasteiger partial charge in [-0.1, -0.05) is 18.2 Å². The summed E-state index contributed by atoms with van der Waals surface area (Å²) in [5.41, 5.74) is 0.697. The summed E-state index contributed by atoms with van der Waals surface area (Å²) in [6, 6.07) is 7.11. The maximum atomic E-state index is 12.7. The summed E-state index contributed by atoms with van der Waals surface area (Å²) in [4.78, 5) is 31.1. The number of carbonyl (C=O) groups is 2. The molecule has 1 atom stereocenters. The maximum Gasteiger partial charge on any atom is 0.338 e. The van der Waals surface area contributed by atoms with Crippen LogP contribution >= 0.6 is 0 Å². The molecule has 0 N–H and O–H groups in total. The predicted octanol–water partition coefficient (Wildman–Crippen LogP) is 3.92. The zero-order valence-corrected chi connectivity index (χ0v) is 17.9. The van der Waals surface area contributed by atoms with Crippen LogP contribution in [-0.2, 0) is 25.5 Å². The molecular weight excluding hydrogens is 358 g/mol. The zero-order valence-electron chi connectivity index (χ0n) is 17.9. The molecule has 2 rings (SSSR count). The molecule has 1 fully saturated rings. The van der Waals surface area contributed by atoms with Crippen molar-refractivity contribution in [3.05, 3.63) is 35.4 Å². The number of benzene rings is 1. The van der Waals surface area contributed by atoms with E-state index in [2.05, 4.69) is 27.7 Å². The van der Waals surface area contributed by atoms with Crippen LogP contribution in [0.25, 0.3) is 0 Å². The van der Waals surface area contributed by atoms with Crippen LogP contribution in [0.5, 0.6) is 0 Å². The molecule has 0 saturated carbocycles. The second kappa shape index (κ2) is 9.05. The van der Waals surface area contributed by atoms with Gasteiger partial charge < -0.3 is 9.47 Å². The van der Waals surface area contributed by atoms with Gasteiger partial charge in [-0.05, 0) is 65.5 Å². The van der Waals surface area contributed by atoms with Gasteiger partial charge in [0.1, 0.15) is 0 Å². The van der Waals surface area contributed by atoms with Crippen LogP contribution in [0.3, 0.4) is 0 Å². The van der Waals surface area contributed by atoms with Gasteiger partial charge in [0.15, 0.2) is 6.10 Å². The minimum atomic E-state index is -0.845. The summed E-state index contributed by atoms with van der Waals surface area (Å²) < 4.78 is 10.2. The van der Waals surface area contributed by atoms with Gasteiger partial charge in [0.2, 0.25) is 0 Å². The summed E-state index contributed by atoms with van der Waals surface area (Å²) in [6.45, 7) is 10.5. The standard InChI is InChI=1S/C22H33NO5/c1-7-27-20(25)18(15-16-11-8-9-12-17(16)19(24)26-6)28-23-21(2,3)13-10-14-22(23,4)5/h8-9,11-12,18H,7,10,13-15H2,1-6H3. The minimum Gasteiger partial charge on any atom is -0.465 e. The summed E-state index contributed by atoms with van der Waals surface area (Å²) in [7, 11) is 1.34. The Labute approximate surface area is 168 Å². The molecule has 1 saturated heterocycles. The third-order valence-corrected chi connectivity index (χ3v) is 5.29. The molecule has 156 valence electrons. The molecule has 1 unspecified atom stereocenters. The molecule has 28 heavy (non-hydrogen) atoms. The molecule has 0 amide bonds. The number of carbonyl (C=O) groups excluding carboxylic acids is 2. The first kappa shape index (κ1) is 22.4. The Balaban J connectivity index is 2.34. The Hall–Kier alpha value is -1.92. The molecule has 1 aromatic carbocycles. The fraction of sp³-hybridized carbons (Fsp3) is 0.636. The smallest absolute Gasteiger partial charge is 0.338 e. The first-order valence-electron chi connectivity index (χ1n) is 9.92. The van der Waals surface area contributed by atoms with Gasteiger partial charge in [-0.25, -0.2) is 9.59 Å². The monoisotopic (exact) mass is 391 g/mol. The van der Waals surface area contributed by atoms with Gasteiger partial charge in [-0.15, -0.1) is 0 Å². The van der Waals surface area contributed by atoms with Crippen molar-refractivity contribution in [3.8, 4) is 0 Å². The van der Waals surface area contributed by atoms with Crippen LogP contribution < -0.4 is 0 Å². The molecule has 6 heteroatoms. The third-order valence-electron chi connectivity index (χ3n) is 5.29. The molecular formula is C22H33NO5. The largest absolute Gasteiger partial charge is 0.465 e. The highest BCUT2D eigenvalue weighted by molar-refractivity contribution is 5.91. The van der Waals surface area contributed by atoms with Crippen LogP contribution in [0.15, 0.2) is 24.3 Å². The third kappa shape index (κ3) is 5.11.